The lowest BCUT2D eigenvalue weighted by Gasteiger charge is -2.42. The Morgan fingerprint density at radius 3 is 2.22 bits per heavy atom. The van der Waals surface area contributed by atoms with Crippen molar-refractivity contribution in [3.8, 4) is 17.7 Å². The molecule has 0 saturated heterocycles. The average Bonchev–Trinajstić information content (AvgIpc) is 3.13. The SMILES string of the molecule is CC(C)[Si](Oc1c2ncc(Cc3ccc(F)cc3)cc2c(CC#N)c2cn(C)c(O)c12)(C(C)C)C(C)C. The molecule has 4 rings (SSSR count). The predicted octanol–water partition coefficient (Wildman–Crippen LogP) is 7.78. The van der Waals surface area contributed by atoms with Crippen molar-refractivity contribution in [2.24, 2.45) is 7.05 Å². The van der Waals surface area contributed by atoms with E-state index in [-0.39, 0.29) is 18.1 Å². The molecule has 1 N–H and O–H groups in total. The van der Waals surface area contributed by atoms with E-state index < -0.39 is 8.32 Å². The van der Waals surface area contributed by atoms with Gasteiger partial charge in [0.05, 0.1) is 17.9 Å². The highest BCUT2D eigenvalue weighted by atomic mass is 28.4. The lowest BCUT2D eigenvalue weighted by molar-refractivity contribution is 0.434. The molecule has 0 saturated carbocycles. The highest BCUT2D eigenvalue weighted by Gasteiger charge is 2.48. The van der Waals surface area contributed by atoms with E-state index in [2.05, 4.69) is 53.7 Å². The standard InChI is InChI=1S/C30H36FN3O2Si/c1-18(2)37(19(3)4,20(5)6)36-29-27-26(17-34(7)30(27)35)24(12-13-32)25-15-22(16-33-28(25)29)14-21-8-10-23(31)11-9-21/h8-11,15-20,35H,12,14H2,1-7H3. The molecule has 2 aromatic heterocycles. The largest absolute Gasteiger partial charge is 0.541 e. The zero-order valence-electron chi connectivity index (χ0n) is 22.8. The minimum absolute atomic E-state index is 0.113. The smallest absolute Gasteiger partial charge is 0.258 e. The molecular weight excluding hydrogens is 481 g/mol. The number of fused-ring (bicyclic) bond motifs is 2. The van der Waals surface area contributed by atoms with Gasteiger partial charge in [0.2, 0.25) is 5.88 Å². The zero-order chi connectivity index (χ0) is 27.1. The summed E-state index contributed by atoms with van der Waals surface area (Å²) in [6.07, 6.45) is 4.47. The van der Waals surface area contributed by atoms with Gasteiger partial charge in [0.1, 0.15) is 17.1 Å². The number of rotatable bonds is 8. The molecule has 37 heavy (non-hydrogen) atoms. The van der Waals surface area contributed by atoms with E-state index in [0.717, 1.165) is 27.5 Å². The van der Waals surface area contributed by atoms with Crippen molar-refractivity contribution in [3.05, 3.63) is 65.2 Å². The molecule has 2 aromatic carbocycles. The second-order valence-corrected chi connectivity index (χ2v) is 16.3. The van der Waals surface area contributed by atoms with Gasteiger partial charge in [-0.1, -0.05) is 53.7 Å². The Labute approximate surface area is 219 Å². The molecule has 0 amide bonds. The molecule has 0 unspecified atom stereocenters. The van der Waals surface area contributed by atoms with Crippen molar-refractivity contribution >= 4 is 30.0 Å². The van der Waals surface area contributed by atoms with Crippen LogP contribution in [0.1, 0.15) is 58.2 Å². The van der Waals surface area contributed by atoms with Crippen molar-refractivity contribution in [2.45, 2.75) is 71.0 Å². The molecule has 0 radical (unpaired) electrons. The molecule has 0 bridgehead atoms. The van der Waals surface area contributed by atoms with E-state index in [1.165, 1.54) is 12.1 Å². The minimum Gasteiger partial charge on any atom is -0.541 e. The van der Waals surface area contributed by atoms with Gasteiger partial charge >= 0.3 is 0 Å². The lowest BCUT2D eigenvalue weighted by atomic mass is 9.97. The number of aromatic hydroxyl groups is 1. The third-order valence-electron chi connectivity index (χ3n) is 7.75. The number of nitriles is 1. The van der Waals surface area contributed by atoms with Gasteiger partial charge in [-0.15, -0.1) is 0 Å². The Balaban J connectivity index is 2.03. The van der Waals surface area contributed by atoms with Crippen LogP contribution in [-0.2, 0) is 19.9 Å². The van der Waals surface area contributed by atoms with Gasteiger partial charge in [0.15, 0.2) is 0 Å². The fraction of sp³-hybridized carbons (Fsp3) is 0.400. The van der Waals surface area contributed by atoms with Crippen molar-refractivity contribution in [1.82, 2.24) is 9.55 Å². The van der Waals surface area contributed by atoms with Crippen LogP contribution in [0.15, 0.2) is 42.7 Å². The monoisotopic (exact) mass is 517 g/mol. The maximum atomic E-state index is 13.4. The number of aromatic nitrogens is 2. The van der Waals surface area contributed by atoms with Gasteiger partial charge in [-0.05, 0) is 57.9 Å². The summed E-state index contributed by atoms with van der Waals surface area (Å²) >= 11 is 0. The van der Waals surface area contributed by atoms with E-state index in [9.17, 15) is 14.8 Å². The number of halogens is 1. The van der Waals surface area contributed by atoms with Gasteiger partial charge in [-0.25, -0.2) is 4.39 Å². The Morgan fingerprint density at radius 2 is 1.65 bits per heavy atom. The number of benzene rings is 2. The maximum absolute atomic E-state index is 13.4. The Morgan fingerprint density at radius 1 is 1.03 bits per heavy atom. The molecule has 0 aliphatic rings. The second kappa shape index (κ2) is 10.2. The quantitative estimate of drug-likeness (QED) is 0.242. The zero-order valence-corrected chi connectivity index (χ0v) is 23.8. The fourth-order valence-corrected chi connectivity index (χ4v) is 11.3. The summed E-state index contributed by atoms with van der Waals surface area (Å²) in [6.45, 7) is 13.4. The highest BCUT2D eigenvalue weighted by molar-refractivity contribution is 6.78. The molecule has 0 aliphatic carbocycles. The number of hydrogen-bond acceptors (Lipinski definition) is 4. The van der Waals surface area contributed by atoms with E-state index in [1.54, 1.807) is 23.7 Å². The van der Waals surface area contributed by atoms with E-state index >= 15 is 0 Å². The first-order chi connectivity index (χ1) is 17.5. The van der Waals surface area contributed by atoms with Gasteiger partial charge < -0.3 is 14.1 Å². The maximum Gasteiger partial charge on any atom is 0.258 e. The molecule has 0 spiro atoms. The van der Waals surface area contributed by atoms with E-state index in [4.69, 9.17) is 9.41 Å². The summed E-state index contributed by atoms with van der Waals surface area (Å²) in [5.41, 5.74) is 4.44. The first kappa shape index (κ1) is 26.7. The van der Waals surface area contributed by atoms with Crippen molar-refractivity contribution in [1.29, 1.82) is 5.26 Å². The van der Waals surface area contributed by atoms with Crippen LogP contribution in [-0.4, -0.2) is 23.0 Å². The number of hydrogen-bond donors (Lipinski definition) is 1. The van der Waals surface area contributed by atoms with Gasteiger partial charge in [-0.3, -0.25) is 4.98 Å². The van der Waals surface area contributed by atoms with E-state index in [1.807, 2.05) is 12.4 Å². The topological polar surface area (TPSA) is 71.1 Å². The van der Waals surface area contributed by atoms with Gasteiger partial charge in [0.25, 0.3) is 8.32 Å². The summed E-state index contributed by atoms with van der Waals surface area (Å²) in [4.78, 5) is 4.89. The van der Waals surface area contributed by atoms with Crippen LogP contribution in [0.25, 0.3) is 21.7 Å². The number of aryl methyl sites for hydroxylation is 1. The van der Waals surface area contributed by atoms with Crippen molar-refractivity contribution in [2.75, 3.05) is 0 Å². The predicted molar refractivity (Wildman–Crippen MR) is 150 cm³/mol. The first-order valence-corrected chi connectivity index (χ1v) is 15.1. The lowest BCUT2D eigenvalue weighted by Crippen LogP contribution is -2.50. The molecule has 5 nitrogen and oxygen atoms in total. The van der Waals surface area contributed by atoms with Crippen LogP contribution < -0.4 is 4.43 Å². The molecule has 7 heteroatoms. The summed E-state index contributed by atoms with van der Waals surface area (Å²) in [5.74, 6) is 0.459. The van der Waals surface area contributed by atoms with Gasteiger partial charge in [-0.2, -0.15) is 5.26 Å². The van der Waals surface area contributed by atoms with Crippen molar-refractivity contribution in [3.63, 3.8) is 0 Å². The summed E-state index contributed by atoms with van der Waals surface area (Å²) in [5, 5.41) is 23.2. The average molecular weight is 518 g/mol. The fourth-order valence-electron chi connectivity index (χ4n) is 6.09. The Hall–Kier alpha value is -3.37. The number of nitrogens with zero attached hydrogens (tertiary/aromatic N) is 3. The van der Waals surface area contributed by atoms with Gasteiger partial charge in [0, 0.05) is 30.2 Å². The molecule has 0 atom stereocenters. The third kappa shape index (κ3) is 4.59. The Kier molecular flexibility index (Phi) is 7.34. The van der Waals surface area contributed by atoms with Crippen molar-refractivity contribution < 1.29 is 13.9 Å². The summed E-state index contributed by atoms with van der Waals surface area (Å²) in [6, 6.07) is 10.8. The van der Waals surface area contributed by atoms with Crippen LogP contribution in [0.4, 0.5) is 4.39 Å². The van der Waals surface area contributed by atoms with E-state index in [0.29, 0.717) is 39.7 Å². The van der Waals surface area contributed by atoms with Crippen LogP contribution in [0.5, 0.6) is 11.6 Å². The summed E-state index contributed by atoms with van der Waals surface area (Å²) in [7, 11) is -0.596. The third-order valence-corrected chi connectivity index (χ3v) is 13.7. The van der Waals surface area contributed by atoms with Crippen LogP contribution in [0.3, 0.4) is 0 Å². The van der Waals surface area contributed by atoms with Crippen LogP contribution in [0.2, 0.25) is 16.6 Å². The number of pyridine rings is 1. The molecular formula is C30H36FN3O2Si. The molecule has 0 aliphatic heterocycles. The first-order valence-electron chi connectivity index (χ1n) is 12.9. The molecule has 2 heterocycles. The minimum atomic E-state index is -2.39. The van der Waals surface area contributed by atoms with Crippen LogP contribution >= 0.6 is 0 Å². The molecule has 194 valence electrons. The normalized spacial score (nSPS) is 12.3. The Bertz CT molecular complexity index is 1460. The highest BCUT2D eigenvalue weighted by Crippen LogP contribution is 2.49. The van der Waals surface area contributed by atoms with Crippen LogP contribution in [0, 0.1) is 17.1 Å². The molecule has 4 aromatic rings. The summed E-state index contributed by atoms with van der Waals surface area (Å²) < 4.78 is 22.3. The molecule has 0 fully saturated rings. The second-order valence-electron chi connectivity index (χ2n) is 11.0.